The molecule has 0 atom stereocenters. The Labute approximate surface area is 200 Å². The Morgan fingerprint density at radius 2 is 1.82 bits per heavy atom. The minimum atomic E-state index is -0.245. The van der Waals surface area contributed by atoms with Gasteiger partial charge < -0.3 is 4.74 Å². The van der Waals surface area contributed by atoms with Gasteiger partial charge in [0, 0.05) is 29.8 Å². The number of hydrogen-bond acceptors (Lipinski definition) is 6. The van der Waals surface area contributed by atoms with Crippen molar-refractivity contribution >= 4 is 49.1 Å². The van der Waals surface area contributed by atoms with E-state index in [1.165, 1.54) is 11.3 Å². The zero-order valence-corrected chi connectivity index (χ0v) is 19.3. The fourth-order valence-corrected chi connectivity index (χ4v) is 4.60. The van der Waals surface area contributed by atoms with Crippen LogP contribution in [0.25, 0.3) is 21.0 Å². The van der Waals surface area contributed by atoms with Gasteiger partial charge in [0.25, 0.3) is 5.91 Å². The molecule has 1 N–H and O–H groups in total. The van der Waals surface area contributed by atoms with Crippen LogP contribution < -0.4 is 10.1 Å². The molecule has 0 saturated heterocycles. The number of nitrogens with one attached hydrogen (secondary N) is 1. The van der Waals surface area contributed by atoms with Gasteiger partial charge in [-0.25, -0.2) is 4.98 Å². The number of amides is 1. The molecule has 0 aliphatic heterocycles. The summed E-state index contributed by atoms with van der Waals surface area (Å²) in [6.07, 6.45) is 3.83. The van der Waals surface area contributed by atoms with Crippen molar-refractivity contribution in [2.75, 3.05) is 11.9 Å². The number of thiazole rings is 1. The number of pyridine rings is 1. The van der Waals surface area contributed by atoms with E-state index in [9.17, 15) is 9.59 Å². The van der Waals surface area contributed by atoms with Crippen LogP contribution >= 0.6 is 11.3 Å². The van der Waals surface area contributed by atoms with E-state index >= 15 is 0 Å². The number of aryl methyl sites for hydroxylation is 1. The van der Waals surface area contributed by atoms with Gasteiger partial charge in [-0.15, -0.1) is 0 Å². The highest BCUT2D eigenvalue weighted by molar-refractivity contribution is 7.22. The molecule has 0 radical (unpaired) electrons. The molecule has 3 aromatic carbocycles. The van der Waals surface area contributed by atoms with Gasteiger partial charge in [0.1, 0.15) is 12.4 Å². The Morgan fingerprint density at radius 1 is 0.971 bits per heavy atom. The maximum Gasteiger partial charge on any atom is 0.257 e. The normalized spacial score (nSPS) is 11.0. The summed E-state index contributed by atoms with van der Waals surface area (Å²) < 4.78 is 6.66. The van der Waals surface area contributed by atoms with Crippen LogP contribution in [0.2, 0.25) is 0 Å². The third-order valence-electron chi connectivity index (χ3n) is 5.39. The van der Waals surface area contributed by atoms with E-state index in [0.717, 1.165) is 32.1 Å². The van der Waals surface area contributed by atoms with Gasteiger partial charge in [0.2, 0.25) is 0 Å². The summed E-state index contributed by atoms with van der Waals surface area (Å²) in [4.78, 5) is 33.5. The molecule has 0 spiro atoms. The predicted octanol–water partition coefficient (Wildman–Crippen LogP) is 5.60. The number of fused-ring (bicyclic) bond motifs is 2. The van der Waals surface area contributed by atoms with Crippen molar-refractivity contribution in [1.82, 2.24) is 9.97 Å². The Morgan fingerprint density at radius 3 is 2.68 bits per heavy atom. The van der Waals surface area contributed by atoms with Gasteiger partial charge in [-0.2, -0.15) is 0 Å². The summed E-state index contributed by atoms with van der Waals surface area (Å²) in [6, 6.07) is 20.5. The number of nitrogens with zero attached hydrogens (tertiary/aromatic N) is 2. The third-order valence-corrected chi connectivity index (χ3v) is 6.32. The fourth-order valence-electron chi connectivity index (χ4n) is 3.64. The minimum absolute atomic E-state index is 0.0266. The zero-order chi connectivity index (χ0) is 23.5. The second-order valence-corrected chi connectivity index (χ2v) is 9.06. The molecule has 5 rings (SSSR count). The number of aromatic nitrogens is 2. The van der Waals surface area contributed by atoms with Crippen molar-refractivity contribution in [3.63, 3.8) is 0 Å². The molecule has 0 saturated carbocycles. The first-order valence-corrected chi connectivity index (χ1v) is 11.6. The van der Waals surface area contributed by atoms with Crippen molar-refractivity contribution in [2.45, 2.75) is 13.3 Å². The fraction of sp³-hybridized carbons (Fsp3) is 0.111. The van der Waals surface area contributed by atoms with Crippen molar-refractivity contribution in [1.29, 1.82) is 0 Å². The summed E-state index contributed by atoms with van der Waals surface area (Å²) in [7, 11) is 0. The van der Waals surface area contributed by atoms with Crippen LogP contribution in [0.4, 0.5) is 5.13 Å². The molecule has 168 valence electrons. The van der Waals surface area contributed by atoms with E-state index in [-0.39, 0.29) is 18.3 Å². The number of ketones is 1. The average molecular weight is 468 g/mol. The van der Waals surface area contributed by atoms with Crippen LogP contribution in [-0.2, 0) is 11.2 Å². The van der Waals surface area contributed by atoms with Crippen molar-refractivity contribution in [3.05, 3.63) is 95.8 Å². The Hall–Kier alpha value is -4.10. The van der Waals surface area contributed by atoms with E-state index in [4.69, 9.17) is 4.74 Å². The Balaban J connectivity index is 1.16. The van der Waals surface area contributed by atoms with Gasteiger partial charge >= 0.3 is 0 Å². The Kier molecular flexibility index (Phi) is 6.01. The van der Waals surface area contributed by atoms with Crippen LogP contribution in [-0.4, -0.2) is 28.3 Å². The van der Waals surface area contributed by atoms with Crippen molar-refractivity contribution in [3.8, 4) is 5.75 Å². The lowest BCUT2D eigenvalue weighted by Crippen LogP contribution is -2.14. The summed E-state index contributed by atoms with van der Waals surface area (Å²) in [5, 5.41) is 5.49. The van der Waals surface area contributed by atoms with Gasteiger partial charge in [-0.3, -0.25) is 19.9 Å². The number of ether oxygens (including phenoxy) is 1. The molecular weight excluding hydrogens is 446 g/mol. The molecule has 0 aliphatic carbocycles. The largest absolute Gasteiger partial charge is 0.486 e. The van der Waals surface area contributed by atoms with Gasteiger partial charge in [0.15, 0.2) is 10.9 Å². The average Bonchev–Trinajstić information content (AvgIpc) is 3.24. The number of carbonyl (C=O) groups is 2. The van der Waals surface area contributed by atoms with Crippen molar-refractivity contribution in [2.24, 2.45) is 0 Å². The molecule has 0 aliphatic rings. The second kappa shape index (κ2) is 9.41. The highest BCUT2D eigenvalue weighted by atomic mass is 32.1. The molecular formula is C27H21N3O3S. The predicted molar refractivity (Wildman–Crippen MR) is 135 cm³/mol. The van der Waals surface area contributed by atoms with E-state index < -0.39 is 0 Å². The number of benzene rings is 3. The molecule has 7 heteroatoms. The first kappa shape index (κ1) is 21.7. The van der Waals surface area contributed by atoms with Crippen LogP contribution in [0.5, 0.6) is 5.75 Å². The highest BCUT2D eigenvalue weighted by Gasteiger charge is 2.11. The molecule has 0 bridgehead atoms. The molecule has 0 fully saturated rings. The third kappa shape index (κ3) is 4.94. The van der Waals surface area contributed by atoms with Gasteiger partial charge in [0.05, 0.1) is 10.2 Å². The number of carbonyl (C=O) groups excluding carboxylic acids is 2. The summed E-state index contributed by atoms with van der Waals surface area (Å²) in [5.41, 5.74) is 3.43. The highest BCUT2D eigenvalue weighted by Crippen LogP contribution is 2.27. The monoisotopic (exact) mass is 467 g/mol. The quantitative estimate of drug-likeness (QED) is 0.337. The smallest absolute Gasteiger partial charge is 0.257 e. The van der Waals surface area contributed by atoms with Crippen LogP contribution in [0.15, 0.2) is 79.1 Å². The SMILES string of the molecule is Cc1ccc2nc(NC(=O)c3ccc(OCC(=O)Cc4ccc5cnccc5c4)cc3)sc2c1. The topological polar surface area (TPSA) is 81.2 Å². The van der Waals surface area contributed by atoms with E-state index in [0.29, 0.717) is 22.9 Å². The number of hydrogen-bond donors (Lipinski definition) is 1. The number of rotatable bonds is 7. The van der Waals surface area contributed by atoms with Gasteiger partial charge in [-0.05, 0) is 65.9 Å². The molecule has 2 heterocycles. The number of Topliss-reactive ketones (excluding diaryl/α,β-unsaturated/α-hetero) is 1. The second-order valence-electron chi connectivity index (χ2n) is 8.03. The molecule has 6 nitrogen and oxygen atoms in total. The van der Waals surface area contributed by atoms with E-state index in [2.05, 4.69) is 15.3 Å². The molecule has 2 aromatic heterocycles. The summed E-state index contributed by atoms with van der Waals surface area (Å²) in [5.74, 6) is 0.260. The molecule has 5 aromatic rings. The zero-order valence-electron chi connectivity index (χ0n) is 18.4. The first-order chi connectivity index (χ1) is 16.5. The first-order valence-electron chi connectivity index (χ1n) is 10.8. The lowest BCUT2D eigenvalue weighted by atomic mass is 10.1. The van der Waals surface area contributed by atoms with Crippen LogP contribution in [0, 0.1) is 6.92 Å². The van der Waals surface area contributed by atoms with Crippen LogP contribution in [0.3, 0.4) is 0 Å². The van der Waals surface area contributed by atoms with E-state index in [1.807, 2.05) is 49.4 Å². The van der Waals surface area contributed by atoms with Crippen LogP contribution in [0.1, 0.15) is 21.5 Å². The molecule has 34 heavy (non-hydrogen) atoms. The number of anilines is 1. The minimum Gasteiger partial charge on any atom is -0.486 e. The van der Waals surface area contributed by atoms with Gasteiger partial charge in [-0.1, -0.05) is 35.6 Å². The molecule has 0 unspecified atom stereocenters. The van der Waals surface area contributed by atoms with Crippen molar-refractivity contribution < 1.29 is 14.3 Å². The standard InChI is InChI=1S/C27H21N3O3S/c1-17-2-9-24-25(12-17)34-27(29-24)30-26(32)19-5-7-23(8-6-19)33-16-22(31)14-18-3-4-21-15-28-11-10-20(21)13-18/h2-13,15H,14,16H2,1H3,(H,29,30,32). The Bertz CT molecular complexity index is 1510. The molecule has 1 amide bonds. The lowest BCUT2D eigenvalue weighted by Gasteiger charge is -2.07. The summed E-state index contributed by atoms with van der Waals surface area (Å²) in [6.45, 7) is 1.99. The lowest BCUT2D eigenvalue weighted by molar-refractivity contribution is -0.120. The van der Waals surface area contributed by atoms with E-state index in [1.54, 1.807) is 36.7 Å². The maximum atomic E-state index is 12.6. The summed E-state index contributed by atoms with van der Waals surface area (Å²) >= 11 is 1.44. The maximum absolute atomic E-state index is 12.6.